The number of anilines is 2. The van der Waals surface area contributed by atoms with Crippen LogP contribution in [0.15, 0.2) is 71.6 Å². The molecule has 0 aliphatic carbocycles. The largest absolute Gasteiger partial charge is 0.487 e. The van der Waals surface area contributed by atoms with Crippen molar-refractivity contribution >= 4 is 91.4 Å². The molecule has 2 saturated heterocycles. The maximum absolute atomic E-state index is 13.1. The van der Waals surface area contributed by atoms with Crippen LogP contribution in [0.3, 0.4) is 0 Å². The number of hydrogen-bond donors (Lipinski definition) is 1. The van der Waals surface area contributed by atoms with Crippen LogP contribution in [0.4, 0.5) is 16.2 Å². The monoisotopic (exact) mass is 781 g/mol. The van der Waals surface area contributed by atoms with Gasteiger partial charge in [0.05, 0.1) is 36.6 Å². The van der Waals surface area contributed by atoms with E-state index in [4.69, 9.17) is 9.47 Å². The number of nitrogens with one attached hydrogen (secondary N) is 1. The zero-order valence-corrected chi connectivity index (χ0v) is 26.4. The van der Waals surface area contributed by atoms with Gasteiger partial charge in [-0.05, 0) is 98.4 Å². The second-order valence-electron chi connectivity index (χ2n) is 9.02. The number of halogens is 2. The highest BCUT2D eigenvalue weighted by molar-refractivity contribution is 14.1. The summed E-state index contributed by atoms with van der Waals surface area (Å²) < 4.78 is 13.3. The second kappa shape index (κ2) is 13.4. The van der Waals surface area contributed by atoms with Crippen molar-refractivity contribution in [2.45, 2.75) is 6.61 Å². The lowest BCUT2D eigenvalue weighted by Gasteiger charge is -2.30. The van der Waals surface area contributed by atoms with Gasteiger partial charge in [0, 0.05) is 13.1 Å². The SMILES string of the molecule is O=C(CN1C(=O)S/C(=C/c2cc(I)c(OCc3ccccc3)c(I)c2)C1=O)Nc1ccccc1N1CCOCC1. The first kappa shape index (κ1) is 28.9. The number of rotatable bonds is 8. The molecule has 0 bridgehead atoms. The number of amides is 3. The Bertz CT molecular complexity index is 1440. The summed E-state index contributed by atoms with van der Waals surface area (Å²) in [6.45, 7) is 2.77. The molecule has 0 unspecified atom stereocenters. The topological polar surface area (TPSA) is 88.2 Å². The Kier molecular flexibility index (Phi) is 9.65. The van der Waals surface area contributed by atoms with Gasteiger partial charge in [-0.1, -0.05) is 42.5 Å². The minimum Gasteiger partial charge on any atom is -0.487 e. The number of imide groups is 1. The fraction of sp³-hybridized carbons (Fsp3) is 0.207. The van der Waals surface area contributed by atoms with Crippen molar-refractivity contribution in [1.82, 2.24) is 4.90 Å². The molecule has 2 aliphatic heterocycles. The van der Waals surface area contributed by atoms with Gasteiger partial charge in [0.1, 0.15) is 18.9 Å². The van der Waals surface area contributed by atoms with E-state index in [9.17, 15) is 14.4 Å². The predicted octanol–water partition coefficient (Wildman–Crippen LogP) is 5.99. The van der Waals surface area contributed by atoms with E-state index in [0.717, 1.165) is 59.5 Å². The molecule has 0 spiro atoms. The van der Waals surface area contributed by atoms with Gasteiger partial charge in [0.15, 0.2) is 0 Å². The van der Waals surface area contributed by atoms with Crippen LogP contribution < -0.4 is 15.0 Å². The van der Waals surface area contributed by atoms with Crippen molar-refractivity contribution in [3.05, 3.63) is 89.9 Å². The molecule has 0 radical (unpaired) electrons. The van der Waals surface area contributed by atoms with Crippen molar-refractivity contribution in [1.29, 1.82) is 0 Å². The molecular weight excluding hydrogens is 756 g/mol. The van der Waals surface area contributed by atoms with Crippen LogP contribution in [0, 0.1) is 7.14 Å². The average Bonchev–Trinajstić information content (AvgIpc) is 3.21. The standard InChI is InChI=1S/C29H25I2N3O5S/c30-21-14-20(15-22(31)27(21)39-18-19-6-2-1-3-7-19)16-25-28(36)34(29(37)40-25)17-26(35)32-23-8-4-5-9-24(23)33-10-12-38-13-11-33/h1-9,14-16H,10-13,17-18H2,(H,32,35)/b25-16+. The molecular formula is C29H25I2N3O5S. The van der Waals surface area contributed by atoms with E-state index in [2.05, 4.69) is 55.4 Å². The molecule has 0 atom stereocenters. The third-order valence-corrected chi connectivity index (χ3v) is 8.76. The average molecular weight is 781 g/mol. The van der Waals surface area contributed by atoms with Gasteiger partial charge < -0.3 is 19.7 Å². The Labute approximate surface area is 263 Å². The summed E-state index contributed by atoms with van der Waals surface area (Å²) in [5.74, 6) is -0.154. The van der Waals surface area contributed by atoms with Crippen molar-refractivity contribution in [3.63, 3.8) is 0 Å². The fourth-order valence-electron chi connectivity index (χ4n) is 4.31. The summed E-state index contributed by atoms with van der Waals surface area (Å²) in [6.07, 6.45) is 1.68. The summed E-state index contributed by atoms with van der Waals surface area (Å²) in [7, 11) is 0. The minimum absolute atomic E-state index is 0.274. The highest BCUT2D eigenvalue weighted by Crippen LogP contribution is 2.35. The van der Waals surface area contributed by atoms with Crippen LogP contribution >= 0.6 is 56.9 Å². The normalized spacial score (nSPS) is 16.5. The van der Waals surface area contributed by atoms with Crippen molar-refractivity contribution in [2.75, 3.05) is 43.1 Å². The van der Waals surface area contributed by atoms with Gasteiger partial charge in [-0.2, -0.15) is 0 Å². The molecule has 2 heterocycles. The summed E-state index contributed by atoms with van der Waals surface area (Å²) in [5, 5.41) is 2.40. The predicted molar refractivity (Wildman–Crippen MR) is 173 cm³/mol. The fourth-order valence-corrected chi connectivity index (χ4v) is 7.28. The molecule has 5 rings (SSSR count). The number of nitrogens with zero attached hydrogens (tertiary/aromatic N) is 2. The number of carbonyl (C=O) groups is 3. The molecule has 206 valence electrons. The van der Waals surface area contributed by atoms with E-state index in [0.29, 0.717) is 25.5 Å². The van der Waals surface area contributed by atoms with Crippen LogP contribution in [0.25, 0.3) is 6.08 Å². The molecule has 2 fully saturated rings. The van der Waals surface area contributed by atoms with Gasteiger partial charge in [0.2, 0.25) is 5.91 Å². The zero-order chi connectivity index (χ0) is 28.1. The number of thioether (sulfide) groups is 1. The first-order valence-corrected chi connectivity index (χ1v) is 15.5. The maximum atomic E-state index is 13.1. The highest BCUT2D eigenvalue weighted by Gasteiger charge is 2.36. The van der Waals surface area contributed by atoms with Gasteiger partial charge in [-0.15, -0.1) is 0 Å². The molecule has 3 amide bonds. The Morgan fingerprint density at radius 3 is 2.40 bits per heavy atom. The first-order chi connectivity index (χ1) is 19.4. The number of hydrogen-bond acceptors (Lipinski definition) is 7. The molecule has 0 saturated carbocycles. The Balaban J connectivity index is 1.25. The molecule has 3 aromatic rings. The van der Waals surface area contributed by atoms with E-state index >= 15 is 0 Å². The van der Waals surface area contributed by atoms with Gasteiger partial charge in [-0.25, -0.2) is 0 Å². The number of benzene rings is 3. The van der Waals surface area contributed by atoms with Gasteiger partial charge in [0.25, 0.3) is 11.1 Å². The number of ether oxygens (including phenoxy) is 2. The van der Waals surface area contributed by atoms with Gasteiger partial charge >= 0.3 is 0 Å². The Hall–Kier alpha value is -2.62. The highest BCUT2D eigenvalue weighted by atomic mass is 127. The lowest BCUT2D eigenvalue weighted by molar-refractivity contribution is -0.127. The molecule has 1 N–H and O–H groups in total. The Morgan fingerprint density at radius 1 is 1.00 bits per heavy atom. The van der Waals surface area contributed by atoms with Crippen LogP contribution in [-0.2, 0) is 20.9 Å². The quantitative estimate of drug-likeness (QED) is 0.222. The first-order valence-electron chi connectivity index (χ1n) is 12.5. The zero-order valence-electron chi connectivity index (χ0n) is 21.3. The minimum atomic E-state index is -0.485. The van der Waals surface area contributed by atoms with E-state index in [1.54, 1.807) is 6.08 Å². The van der Waals surface area contributed by atoms with Crippen LogP contribution in [0.5, 0.6) is 5.75 Å². The number of carbonyl (C=O) groups excluding carboxylic acids is 3. The number of morpholine rings is 1. The van der Waals surface area contributed by atoms with Crippen molar-refractivity contribution < 1.29 is 23.9 Å². The van der Waals surface area contributed by atoms with Crippen LogP contribution in [-0.4, -0.2) is 54.8 Å². The van der Waals surface area contributed by atoms with Gasteiger partial charge in [-0.3, -0.25) is 19.3 Å². The van der Waals surface area contributed by atoms with E-state index < -0.39 is 17.1 Å². The summed E-state index contributed by atoms with van der Waals surface area (Å²) in [5.41, 5.74) is 3.36. The molecule has 11 heteroatoms. The van der Waals surface area contributed by atoms with E-state index in [1.165, 1.54) is 0 Å². The van der Waals surface area contributed by atoms with Crippen LogP contribution in [0.2, 0.25) is 0 Å². The molecule has 2 aliphatic rings. The molecule has 0 aromatic heterocycles. The molecule has 40 heavy (non-hydrogen) atoms. The lowest BCUT2D eigenvalue weighted by atomic mass is 10.2. The summed E-state index contributed by atoms with van der Waals surface area (Å²) in [4.78, 5) is 42.1. The van der Waals surface area contributed by atoms with E-state index in [1.807, 2.05) is 66.7 Å². The second-order valence-corrected chi connectivity index (χ2v) is 12.3. The maximum Gasteiger partial charge on any atom is 0.294 e. The summed E-state index contributed by atoms with van der Waals surface area (Å²) in [6, 6.07) is 21.2. The summed E-state index contributed by atoms with van der Waals surface area (Å²) >= 11 is 5.25. The van der Waals surface area contributed by atoms with Crippen molar-refractivity contribution in [2.24, 2.45) is 0 Å². The smallest absolute Gasteiger partial charge is 0.294 e. The van der Waals surface area contributed by atoms with E-state index in [-0.39, 0.29) is 11.4 Å². The van der Waals surface area contributed by atoms with Crippen molar-refractivity contribution in [3.8, 4) is 5.75 Å². The molecule has 3 aromatic carbocycles. The number of para-hydroxylation sites is 2. The Morgan fingerprint density at radius 2 is 1.68 bits per heavy atom. The van der Waals surface area contributed by atoms with Crippen LogP contribution in [0.1, 0.15) is 11.1 Å². The third kappa shape index (κ3) is 6.98. The lowest BCUT2D eigenvalue weighted by Crippen LogP contribution is -2.38. The molecule has 8 nitrogen and oxygen atoms in total. The third-order valence-electron chi connectivity index (χ3n) is 6.25.